The number of benzene rings is 1. The van der Waals surface area contributed by atoms with E-state index in [0.717, 1.165) is 12.2 Å². The van der Waals surface area contributed by atoms with E-state index in [1.165, 1.54) is 15.3 Å². The van der Waals surface area contributed by atoms with Crippen LogP contribution in [0, 0.1) is 0 Å². The molecule has 0 bridgehead atoms. The number of hydrogen-bond acceptors (Lipinski definition) is 3. The van der Waals surface area contributed by atoms with Gasteiger partial charge in [-0.15, -0.1) is 23.1 Å². The average Bonchev–Trinajstić information content (AvgIpc) is 3.02. The maximum Gasteiger partial charge on any atom is 0.315 e. The molecule has 1 aliphatic rings. The molecule has 1 aromatic carbocycles. The van der Waals surface area contributed by atoms with E-state index >= 15 is 0 Å². The van der Waals surface area contributed by atoms with Crippen molar-refractivity contribution in [2.45, 2.75) is 30.3 Å². The fraction of sp³-hybridized carbons (Fsp3) is 0.312. The Kier molecular flexibility index (Phi) is 4.51. The third-order valence-corrected chi connectivity index (χ3v) is 5.76. The first-order valence-electron chi connectivity index (χ1n) is 7.06. The standard InChI is InChI=1S/C16H18N2OS2/c1-11(14-7-4-9-20-14)17-16(19)18-13-8-10-21-15-6-3-2-5-12(13)15/h2-7,9,11,13H,8,10H2,1H3,(H2,17,18,19)/t11-,13-/m0/s1. The molecule has 2 N–H and O–H groups in total. The van der Waals surface area contributed by atoms with Crippen molar-refractivity contribution in [3.05, 3.63) is 52.2 Å². The molecule has 0 radical (unpaired) electrons. The largest absolute Gasteiger partial charge is 0.331 e. The van der Waals surface area contributed by atoms with Crippen molar-refractivity contribution < 1.29 is 4.79 Å². The van der Waals surface area contributed by atoms with Gasteiger partial charge in [0.15, 0.2) is 0 Å². The van der Waals surface area contributed by atoms with Gasteiger partial charge in [0.2, 0.25) is 0 Å². The topological polar surface area (TPSA) is 41.1 Å². The lowest BCUT2D eigenvalue weighted by molar-refractivity contribution is 0.233. The predicted octanol–water partition coefficient (Wildman–Crippen LogP) is 4.35. The van der Waals surface area contributed by atoms with Crippen molar-refractivity contribution in [2.75, 3.05) is 5.75 Å². The molecule has 2 heterocycles. The van der Waals surface area contributed by atoms with Gasteiger partial charge in [0, 0.05) is 15.5 Å². The second-order valence-electron chi connectivity index (χ2n) is 5.08. The first-order chi connectivity index (χ1) is 10.2. The summed E-state index contributed by atoms with van der Waals surface area (Å²) in [7, 11) is 0. The van der Waals surface area contributed by atoms with Crippen LogP contribution >= 0.6 is 23.1 Å². The van der Waals surface area contributed by atoms with Gasteiger partial charge < -0.3 is 10.6 Å². The highest BCUT2D eigenvalue weighted by molar-refractivity contribution is 7.99. The number of thioether (sulfide) groups is 1. The summed E-state index contributed by atoms with van der Waals surface area (Å²) in [6.45, 7) is 2.01. The molecule has 21 heavy (non-hydrogen) atoms. The number of thiophene rings is 1. The Morgan fingerprint density at radius 1 is 1.29 bits per heavy atom. The number of carbonyl (C=O) groups is 1. The van der Waals surface area contributed by atoms with E-state index in [0.29, 0.717) is 0 Å². The van der Waals surface area contributed by atoms with E-state index in [2.05, 4.69) is 22.8 Å². The highest BCUT2D eigenvalue weighted by atomic mass is 32.2. The average molecular weight is 318 g/mol. The van der Waals surface area contributed by atoms with Gasteiger partial charge in [-0.25, -0.2) is 4.79 Å². The van der Waals surface area contributed by atoms with Crippen LogP contribution in [0.5, 0.6) is 0 Å². The van der Waals surface area contributed by atoms with E-state index < -0.39 is 0 Å². The minimum atomic E-state index is -0.0948. The first kappa shape index (κ1) is 14.5. The minimum Gasteiger partial charge on any atom is -0.331 e. The lowest BCUT2D eigenvalue weighted by atomic mass is 10.0. The van der Waals surface area contributed by atoms with Gasteiger partial charge in [-0.05, 0) is 36.4 Å². The van der Waals surface area contributed by atoms with Crippen LogP contribution in [0.1, 0.15) is 35.9 Å². The molecule has 0 unspecified atom stereocenters. The lowest BCUT2D eigenvalue weighted by Crippen LogP contribution is -2.39. The second kappa shape index (κ2) is 6.54. The van der Waals surface area contributed by atoms with Gasteiger partial charge in [0.05, 0.1) is 12.1 Å². The molecule has 110 valence electrons. The maximum absolute atomic E-state index is 12.2. The summed E-state index contributed by atoms with van der Waals surface area (Å²) in [6, 6.07) is 12.4. The Bertz CT molecular complexity index is 612. The molecule has 0 aliphatic carbocycles. The third-order valence-electron chi connectivity index (χ3n) is 3.58. The number of amides is 2. The van der Waals surface area contributed by atoms with Crippen molar-refractivity contribution in [1.29, 1.82) is 0 Å². The molecule has 3 rings (SSSR count). The molecule has 3 nitrogen and oxygen atoms in total. The summed E-state index contributed by atoms with van der Waals surface area (Å²) in [6.07, 6.45) is 0.975. The molecule has 0 saturated heterocycles. The van der Waals surface area contributed by atoms with E-state index in [4.69, 9.17) is 0 Å². The zero-order valence-electron chi connectivity index (χ0n) is 11.8. The highest BCUT2D eigenvalue weighted by Crippen LogP contribution is 2.35. The number of nitrogens with one attached hydrogen (secondary N) is 2. The summed E-state index contributed by atoms with van der Waals surface area (Å²) in [5.74, 6) is 1.04. The SMILES string of the molecule is C[C@H](NC(=O)N[C@H]1CCSc2ccccc21)c1cccs1. The molecule has 0 fully saturated rings. The third kappa shape index (κ3) is 3.41. The molecule has 0 spiro atoms. The number of fused-ring (bicyclic) bond motifs is 1. The summed E-state index contributed by atoms with van der Waals surface area (Å²) < 4.78 is 0. The number of hydrogen-bond donors (Lipinski definition) is 2. The van der Waals surface area contributed by atoms with E-state index in [-0.39, 0.29) is 18.1 Å². The predicted molar refractivity (Wildman–Crippen MR) is 88.9 cm³/mol. The summed E-state index contributed by atoms with van der Waals surface area (Å²) in [4.78, 5) is 14.7. The molecular formula is C16H18N2OS2. The number of carbonyl (C=O) groups excluding carboxylic acids is 1. The van der Waals surface area contributed by atoms with Crippen LogP contribution in [-0.2, 0) is 0 Å². The van der Waals surface area contributed by atoms with Crippen LogP contribution in [0.2, 0.25) is 0 Å². The van der Waals surface area contributed by atoms with Crippen LogP contribution < -0.4 is 10.6 Å². The Labute approximate surface area is 133 Å². The molecule has 2 atom stereocenters. The van der Waals surface area contributed by atoms with Gasteiger partial charge in [0.1, 0.15) is 0 Å². The number of rotatable bonds is 3. The molecule has 2 aromatic rings. The van der Waals surface area contributed by atoms with Gasteiger partial charge in [-0.2, -0.15) is 0 Å². The van der Waals surface area contributed by atoms with Crippen molar-refractivity contribution in [3.8, 4) is 0 Å². The van der Waals surface area contributed by atoms with E-state index in [1.54, 1.807) is 11.3 Å². The van der Waals surface area contributed by atoms with Crippen LogP contribution in [0.4, 0.5) is 4.79 Å². The van der Waals surface area contributed by atoms with Crippen molar-refractivity contribution >= 4 is 29.1 Å². The lowest BCUT2D eigenvalue weighted by Gasteiger charge is -2.26. The zero-order valence-corrected chi connectivity index (χ0v) is 13.5. The molecule has 0 saturated carbocycles. The Balaban J connectivity index is 1.63. The highest BCUT2D eigenvalue weighted by Gasteiger charge is 2.22. The van der Waals surface area contributed by atoms with Gasteiger partial charge in [-0.1, -0.05) is 24.3 Å². The van der Waals surface area contributed by atoms with Crippen LogP contribution in [-0.4, -0.2) is 11.8 Å². The smallest absolute Gasteiger partial charge is 0.315 e. The first-order valence-corrected chi connectivity index (χ1v) is 8.92. The Hall–Kier alpha value is -1.46. The molecule has 1 aliphatic heterocycles. The molecule has 2 amide bonds. The van der Waals surface area contributed by atoms with Crippen molar-refractivity contribution in [2.24, 2.45) is 0 Å². The van der Waals surface area contributed by atoms with Crippen molar-refractivity contribution in [3.63, 3.8) is 0 Å². The van der Waals surface area contributed by atoms with Crippen LogP contribution in [0.3, 0.4) is 0 Å². The van der Waals surface area contributed by atoms with Crippen LogP contribution in [0.25, 0.3) is 0 Å². The maximum atomic E-state index is 12.2. The van der Waals surface area contributed by atoms with E-state index in [9.17, 15) is 4.79 Å². The molecule has 5 heteroatoms. The normalized spacial score (nSPS) is 18.6. The fourth-order valence-electron chi connectivity index (χ4n) is 2.50. The van der Waals surface area contributed by atoms with E-state index in [1.807, 2.05) is 48.3 Å². The Morgan fingerprint density at radius 2 is 2.14 bits per heavy atom. The Morgan fingerprint density at radius 3 is 2.95 bits per heavy atom. The summed E-state index contributed by atoms with van der Waals surface area (Å²) >= 11 is 3.52. The van der Waals surface area contributed by atoms with Crippen molar-refractivity contribution in [1.82, 2.24) is 10.6 Å². The minimum absolute atomic E-state index is 0.0400. The van der Waals surface area contributed by atoms with Gasteiger partial charge in [-0.3, -0.25) is 0 Å². The zero-order chi connectivity index (χ0) is 14.7. The van der Waals surface area contributed by atoms with Crippen LogP contribution in [0.15, 0.2) is 46.7 Å². The second-order valence-corrected chi connectivity index (χ2v) is 7.20. The number of urea groups is 1. The van der Waals surface area contributed by atoms with Gasteiger partial charge >= 0.3 is 6.03 Å². The quantitative estimate of drug-likeness (QED) is 0.883. The fourth-order valence-corrected chi connectivity index (χ4v) is 4.36. The molecular weight excluding hydrogens is 300 g/mol. The summed E-state index contributed by atoms with van der Waals surface area (Å²) in [5, 5.41) is 8.15. The molecule has 1 aromatic heterocycles. The summed E-state index contributed by atoms with van der Waals surface area (Å²) in [5.41, 5.74) is 1.23. The monoisotopic (exact) mass is 318 g/mol. The van der Waals surface area contributed by atoms with Gasteiger partial charge in [0.25, 0.3) is 0 Å².